The van der Waals surface area contributed by atoms with Crippen molar-refractivity contribution in [2.24, 2.45) is 0 Å². The maximum atomic E-state index is 11.8. The van der Waals surface area contributed by atoms with Gasteiger partial charge < -0.3 is 14.8 Å². The third kappa shape index (κ3) is 4.51. The van der Waals surface area contributed by atoms with Crippen molar-refractivity contribution >= 4 is 28.5 Å². The minimum Gasteiger partial charge on any atom is -0.496 e. The summed E-state index contributed by atoms with van der Waals surface area (Å²) in [5.41, 5.74) is 0.646. The lowest BCUT2D eigenvalue weighted by Gasteiger charge is -2.07. The van der Waals surface area contributed by atoms with Crippen LogP contribution in [-0.4, -0.2) is 33.3 Å². The van der Waals surface area contributed by atoms with E-state index in [1.165, 1.54) is 0 Å². The molecule has 1 N–H and O–H groups in total. The van der Waals surface area contributed by atoms with Gasteiger partial charge in [0.2, 0.25) is 0 Å². The molecule has 0 bridgehead atoms. The fourth-order valence-electron chi connectivity index (χ4n) is 1.33. The molecule has 1 rings (SSSR count). The number of benzene rings is 1. The Morgan fingerprint density at radius 2 is 2.18 bits per heavy atom. The Hall–Kier alpha value is -0.820. The highest BCUT2D eigenvalue weighted by Gasteiger charge is 2.07. The fourth-order valence-corrected chi connectivity index (χ4v) is 2.06. The smallest absolute Gasteiger partial charge is 0.251 e. The van der Waals surface area contributed by atoms with E-state index >= 15 is 0 Å². The molecule has 0 atom stereocenters. The Labute approximate surface area is 115 Å². The molecule has 0 aromatic heterocycles. The van der Waals surface area contributed by atoms with Crippen LogP contribution >= 0.6 is 22.6 Å². The molecule has 94 valence electrons. The van der Waals surface area contributed by atoms with Gasteiger partial charge in [-0.25, -0.2) is 0 Å². The average molecular weight is 349 g/mol. The van der Waals surface area contributed by atoms with Gasteiger partial charge in [-0.05, 0) is 47.2 Å². The highest BCUT2D eigenvalue weighted by atomic mass is 127. The van der Waals surface area contributed by atoms with Crippen molar-refractivity contribution in [3.8, 4) is 5.75 Å². The zero-order chi connectivity index (χ0) is 12.7. The second-order valence-corrected chi connectivity index (χ2v) is 4.61. The summed E-state index contributed by atoms with van der Waals surface area (Å²) in [6, 6.07) is 5.36. The Morgan fingerprint density at radius 3 is 2.76 bits per heavy atom. The second kappa shape index (κ2) is 7.50. The molecule has 0 aliphatic heterocycles. The molecule has 17 heavy (non-hydrogen) atoms. The van der Waals surface area contributed by atoms with Crippen LogP contribution in [-0.2, 0) is 4.74 Å². The summed E-state index contributed by atoms with van der Waals surface area (Å²) in [5.74, 6) is 0.711. The molecule has 1 aromatic carbocycles. The molecule has 0 unspecified atom stereocenters. The SMILES string of the molecule is COCCCNC(=O)c1ccc(OC)c(I)c1. The van der Waals surface area contributed by atoms with E-state index in [2.05, 4.69) is 27.9 Å². The Kier molecular flexibility index (Phi) is 6.28. The van der Waals surface area contributed by atoms with Crippen LogP contribution in [0.5, 0.6) is 5.75 Å². The van der Waals surface area contributed by atoms with Crippen LogP contribution in [0.3, 0.4) is 0 Å². The molecule has 0 radical (unpaired) electrons. The van der Waals surface area contributed by atoms with Crippen molar-refractivity contribution in [1.82, 2.24) is 5.32 Å². The molecule has 0 heterocycles. The maximum absolute atomic E-state index is 11.8. The van der Waals surface area contributed by atoms with Gasteiger partial charge in [-0.2, -0.15) is 0 Å². The number of carbonyl (C=O) groups excluding carboxylic acids is 1. The molecular formula is C12H16INO3. The first-order valence-electron chi connectivity index (χ1n) is 5.29. The quantitative estimate of drug-likeness (QED) is 0.632. The molecule has 0 saturated heterocycles. The van der Waals surface area contributed by atoms with E-state index in [-0.39, 0.29) is 5.91 Å². The highest BCUT2D eigenvalue weighted by Crippen LogP contribution is 2.21. The van der Waals surface area contributed by atoms with Gasteiger partial charge in [-0.3, -0.25) is 4.79 Å². The first-order chi connectivity index (χ1) is 8.19. The summed E-state index contributed by atoms with van der Waals surface area (Å²) in [5, 5.41) is 2.84. The van der Waals surface area contributed by atoms with Gasteiger partial charge in [0.15, 0.2) is 0 Å². The molecule has 5 heteroatoms. The van der Waals surface area contributed by atoms with Crippen LogP contribution in [0.15, 0.2) is 18.2 Å². The first-order valence-corrected chi connectivity index (χ1v) is 6.37. The number of ether oxygens (including phenoxy) is 2. The van der Waals surface area contributed by atoms with Crippen LogP contribution in [0.2, 0.25) is 0 Å². The monoisotopic (exact) mass is 349 g/mol. The molecular weight excluding hydrogens is 333 g/mol. The van der Waals surface area contributed by atoms with Gasteiger partial charge in [0.1, 0.15) is 5.75 Å². The number of methoxy groups -OCH3 is 2. The number of carbonyl (C=O) groups is 1. The van der Waals surface area contributed by atoms with E-state index in [4.69, 9.17) is 9.47 Å². The topological polar surface area (TPSA) is 47.6 Å². The van der Waals surface area contributed by atoms with Gasteiger partial charge in [0.25, 0.3) is 5.91 Å². The third-order valence-corrected chi connectivity index (χ3v) is 3.07. The van der Waals surface area contributed by atoms with E-state index in [1.54, 1.807) is 26.4 Å². The minimum atomic E-state index is -0.0679. The zero-order valence-electron chi connectivity index (χ0n) is 9.96. The largest absolute Gasteiger partial charge is 0.496 e. The van der Waals surface area contributed by atoms with Gasteiger partial charge >= 0.3 is 0 Å². The Balaban J connectivity index is 2.54. The maximum Gasteiger partial charge on any atom is 0.251 e. The van der Waals surface area contributed by atoms with Crippen molar-refractivity contribution in [3.05, 3.63) is 27.3 Å². The molecule has 0 aliphatic rings. The highest BCUT2D eigenvalue weighted by molar-refractivity contribution is 14.1. The van der Waals surface area contributed by atoms with Crippen molar-refractivity contribution in [2.75, 3.05) is 27.4 Å². The summed E-state index contributed by atoms with van der Waals surface area (Å²) in [7, 11) is 3.26. The van der Waals surface area contributed by atoms with Gasteiger partial charge in [0, 0.05) is 25.8 Å². The summed E-state index contributed by atoms with van der Waals surface area (Å²) in [6.07, 6.45) is 0.815. The van der Waals surface area contributed by atoms with Gasteiger partial charge in [-0.1, -0.05) is 0 Å². The standard InChI is InChI=1S/C12H16INO3/c1-16-7-3-6-14-12(15)9-4-5-11(17-2)10(13)8-9/h4-5,8H,3,6-7H2,1-2H3,(H,14,15). The van der Waals surface area contributed by atoms with Crippen molar-refractivity contribution in [2.45, 2.75) is 6.42 Å². The Bertz CT molecular complexity index is 382. The minimum absolute atomic E-state index is 0.0679. The predicted octanol–water partition coefficient (Wildman–Crippen LogP) is 2.07. The number of amides is 1. The number of halogens is 1. The van der Waals surface area contributed by atoms with E-state index in [1.807, 2.05) is 6.07 Å². The lowest BCUT2D eigenvalue weighted by molar-refractivity contribution is 0.0948. The van der Waals surface area contributed by atoms with Crippen LogP contribution in [0.4, 0.5) is 0 Å². The predicted molar refractivity (Wildman–Crippen MR) is 74.5 cm³/mol. The lowest BCUT2D eigenvalue weighted by Crippen LogP contribution is -2.25. The first kappa shape index (κ1) is 14.2. The molecule has 0 fully saturated rings. The van der Waals surface area contributed by atoms with Gasteiger partial charge in [0.05, 0.1) is 10.7 Å². The number of hydrogen-bond acceptors (Lipinski definition) is 3. The number of rotatable bonds is 6. The van der Waals surface area contributed by atoms with Crippen LogP contribution in [0.1, 0.15) is 16.8 Å². The molecule has 0 saturated carbocycles. The third-order valence-electron chi connectivity index (χ3n) is 2.22. The van der Waals surface area contributed by atoms with Crippen LogP contribution in [0.25, 0.3) is 0 Å². The Morgan fingerprint density at radius 1 is 1.41 bits per heavy atom. The molecule has 4 nitrogen and oxygen atoms in total. The molecule has 0 aliphatic carbocycles. The summed E-state index contributed by atoms with van der Waals surface area (Å²) >= 11 is 2.15. The fraction of sp³-hybridized carbons (Fsp3) is 0.417. The van der Waals surface area contributed by atoms with Crippen molar-refractivity contribution in [1.29, 1.82) is 0 Å². The summed E-state index contributed by atoms with van der Waals surface area (Å²) in [6.45, 7) is 1.27. The van der Waals surface area contributed by atoms with E-state index in [0.29, 0.717) is 18.7 Å². The molecule has 1 amide bonds. The normalized spacial score (nSPS) is 10.1. The number of nitrogens with one attached hydrogen (secondary N) is 1. The summed E-state index contributed by atoms with van der Waals surface area (Å²) in [4.78, 5) is 11.8. The average Bonchev–Trinajstić information content (AvgIpc) is 2.34. The van der Waals surface area contributed by atoms with Crippen LogP contribution < -0.4 is 10.1 Å². The zero-order valence-corrected chi connectivity index (χ0v) is 12.1. The summed E-state index contributed by atoms with van der Waals surface area (Å²) < 4.78 is 11.0. The van der Waals surface area contributed by atoms with E-state index < -0.39 is 0 Å². The second-order valence-electron chi connectivity index (χ2n) is 3.45. The van der Waals surface area contributed by atoms with E-state index in [9.17, 15) is 4.79 Å². The molecule has 1 aromatic rings. The number of hydrogen-bond donors (Lipinski definition) is 1. The van der Waals surface area contributed by atoms with Crippen molar-refractivity contribution in [3.63, 3.8) is 0 Å². The van der Waals surface area contributed by atoms with Gasteiger partial charge in [-0.15, -0.1) is 0 Å². The van der Waals surface area contributed by atoms with Crippen LogP contribution in [0, 0.1) is 3.57 Å². The van der Waals surface area contributed by atoms with Crippen molar-refractivity contribution < 1.29 is 14.3 Å². The lowest BCUT2D eigenvalue weighted by atomic mass is 10.2. The van der Waals surface area contributed by atoms with E-state index in [0.717, 1.165) is 15.7 Å². The molecule has 0 spiro atoms.